The zero-order valence-electron chi connectivity index (χ0n) is 16.2. The fourth-order valence-corrected chi connectivity index (χ4v) is 4.50. The third-order valence-corrected chi connectivity index (χ3v) is 6.35. The summed E-state index contributed by atoms with van der Waals surface area (Å²) in [5, 5.41) is 2.98. The van der Waals surface area contributed by atoms with Crippen LogP contribution in [0.3, 0.4) is 0 Å². The van der Waals surface area contributed by atoms with Gasteiger partial charge in [-0.3, -0.25) is 9.59 Å². The molecule has 6 heteroatoms. The minimum atomic E-state index is -1.18. The molecule has 1 amide bonds. The lowest BCUT2D eigenvalue weighted by molar-refractivity contribution is -0.144. The minimum absolute atomic E-state index is 0.0237. The maximum atomic E-state index is 13.0. The molecule has 0 spiro atoms. The second-order valence-electron chi connectivity index (χ2n) is 8.69. The highest BCUT2D eigenvalue weighted by Gasteiger charge is 2.53. The third-order valence-electron chi connectivity index (χ3n) is 5.49. The van der Waals surface area contributed by atoms with Gasteiger partial charge in [0.15, 0.2) is 14.8 Å². The molecule has 0 radical (unpaired) electrons. The number of hydrogen-bond donors (Lipinski definition) is 1. The van der Waals surface area contributed by atoms with Gasteiger partial charge in [-0.15, -0.1) is 0 Å². The van der Waals surface area contributed by atoms with Crippen molar-refractivity contribution in [2.24, 2.45) is 23.2 Å². The first kappa shape index (κ1) is 19.1. The summed E-state index contributed by atoms with van der Waals surface area (Å²) in [6, 6.07) is 7.14. The number of nitrogens with one attached hydrogen (secondary N) is 1. The summed E-state index contributed by atoms with van der Waals surface area (Å²) in [5.74, 6) is 0.238. The zero-order valence-corrected chi connectivity index (χ0v) is 17.4. The molecule has 142 valence electrons. The summed E-state index contributed by atoms with van der Waals surface area (Å²) in [6.45, 7) is 11.6. The molecular weight excluding hydrogens is 346 g/mol. The quantitative estimate of drug-likeness (QED) is 0.635. The predicted molar refractivity (Wildman–Crippen MR) is 103 cm³/mol. The van der Waals surface area contributed by atoms with Crippen LogP contribution < -0.4 is 10.1 Å². The smallest absolute Gasteiger partial charge is 0.225 e. The average molecular weight is 376 g/mol. The Labute approximate surface area is 157 Å². The highest BCUT2D eigenvalue weighted by atomic mass is 28.3. The molecule has 26 heavy (non-hydrogen) atoms. The van der Waals surface area contributed by atoms with Crippen molar-refractivity contribution in [1.82, 2.24) is 5.32 Å². The molecule has 0 bridgehead atoms. The van der Waals surface area contributed by atoms with E-state index in [0.29, 0.717) is 24.5 Å². The topological polar surface area (TPSA) is 64.6 Å². The molecule has 2 aliphatic rings. The van der Waals surface area contributed by atoms with E-state index in [-0.39, 0.29) is 40.9 Å². The second kappa shape index (κ2) is 7.16. The van der Waals surface area contributed by atoms with Crippen LogP contribution in [0, 0.1) is 23.2 Å². The van der Waals surface area contributed by atoms with Crippen LogP contribution in [0.5, 0.6) is 5.75 Å². The summed E-state index contributed by atoms with van der Waals surface area (Å²) >= 11 is 0. The van der Waals surface area contributed by atoms with Crippen LogP contribution in [0.25, 0.3) is 0 Å². The van der Waals surface area contributed by atoms with Gasteiger partial charge in [0.2, 0.25) is 5.91 Å². The van der Waals surface area contributed by atoms with E-state index in [1.54, 1.807) is 6.07 Å². The van der Waals surface area contributed by atoms with Crippen LogP contribution in [-0.4, -0.2) is 40.0 Å². The number of Topliss-reactive ketones (excluding diaryl/α,β-unsaturated/α-hetero) is 1. The number of rotatable bonds is 5. The molecule has 4 atom stereocenters. The van der Waals surface area contributed by atoms with E-state index in [9.17, 15) is 9.59 Å². The molecule has 2 aliphatic heterocycles. The van der Waals surface area contributed by atoms with E-state index in [4.69, 9.17) is 9.16 Å². The van der Waals surface area contributed by atoms with Gasteiger partial charge in [0.1, 0.15) is 12.4 Å². The highest BCUT2D eigenvalue weighted by Crippen LogP contribution is 2.42. The molecule has 1 N–H and O–H groups in total. The maximum absolute atomic E-state index is 13.0. The SMILES string of the molecule is C[SiH](C)OC[C@H]([C@@H]1C(=O)N[C@@H]1[C@@H]1COc2ccccc2C1=O)C(C)(C)C. The van der Waals surface area contributed by atoms with Gasteiger partial charge < -0.3 is 14.5 Å². The Morgan fingerprint density at radius 1 is 1.27 bits per heavy atom. The van der Waals surface area contributed by atoms with Crippen molar-refractivity contribution in [3.05, 3.63) is 29.8 Å². The summed E-state index contributed by atoms with van der Waals surface area (Å²) < 4.78 is 11.8. The van der Waals surface area contributed by atoms with Crippen molar-refractivity contribution in [2.45, 2.75) is 39.9 Å². The molecule has 5 nitrogen and oxygen atoms in total. The van der Waals surface area contributed by atoms with Crippen molar-refractivity contribution in [1.29, 1.82) is 0 Å². The molecule has 1 saturated heterocycles. The molecule has 1 fully saturated rings. The molecule has 1 aromatic carbocycles. The van der Waals surface area contributed by atoms with E-state index < -0.39 is 9.04 Å². The van der Waals surface area contributed by atoms with Gasteiger partial charge in [0.25, 0.3) is 0 Å². The van der Waals surface area contributed by atoms with Gasteiger partial charge >= 0.3 is 0 Å². The van der Waals surface area contributed by atoms with Crippen molar-refractivity contribution < 1.29 is 18.8 Å². The van der Waals surface area contributed by atoms with E-state index >= 15 is 0 Å². The first-order valence-corrected chi connectivity index (χ1v) is 12.2. The normalized spacial score (nSPS) is 26.6. The summed E-state index contributed by atoms with van der Waals surface area (Å²) in [6.07, 6.45) is 0. The van der Waals surface area contributed by atoms with Crippen molar-refractivity contribution >= 4 is 20.7 Å². The first-order valence-electron chi connectivity index (χ1n) is 9.38. The number of carbonyl (C=O) groups excluding carboxylic acids is 2. The Morgan fingerprint density at radius 3 is 2.58 bits per heavy atom. The molecule has 1 aromatic rings. The lowest BCUT2D eigenvalue weighted by Gasteiger charge is -2.49. The number of para-hydroxylation sites is 1. The van der Waals surface area contributed by atoms with Gasteiger partial charge in [-0.2, -0.15) is 0 Å². The first-order chi connectivity index (χ1) is 12.2. The van der Waals surface area contributed by atoms with Crippen molar-refractivity contribution in [3.8, 4) is 5.75 Å². The number of fused-ring (bicyclic) bond motifs is 1. The minimum Gasteiger partial charge on any atom is -0.492 e. The number of β-lactam (4-membered cyclic amide) rings is 1. The number of hydrogen-bond acceptors (Lipinski definition) is 4. The van der Waals surface area contributed by atoms with E-state index in [0.717, 1.165) is 0 Å². The second-order valence-corrected chi connectivity index (χ2v) is 11.1. The van der Waals surface area contributed by atoms with Crippen LogP contribution in [0.15, 0.2) is 24.3 Å². The van der Waals surface area contributed by atoms with E-state index in [1.165, 1.54) is 0 Å². The van der Waals surface area contributed by atoms with Gasteiger partial charge in [0, 0.05) is 6.61 Å². The number of amides is 1. The van der Waals surface area contributed by atoms with Crippen molar-refractivity contribution in [2.75, 3.05) is 13.2 Å². The lowest BCUT2D eigenvalue weighted by Crippen LogP contribution is -2.68. The Balaban J connectivity index is 1.82. The number of benzene rings is 1. The van der Waals surface area contributed by atoms with Gasteiger partial charge in [-0.1, -0.05) is 32.9 Å². The number of ether oxygens (including phenoxy) is 1. The molecular formula is C20H29NO4Si. The molecule has 0 saturated carbocycles. The van der Waals surface area contributed by atoms with Crippen LogP contribution in [0.1, 0.15) is 31.1 Å². The maximum Gasteiger partial charge on any atom is 0.225 e. The zero-order chi connectivity index (χ0) is 19.1. The van der Waals surface area contributed by atoms with Crippen LogP contribution >= 0.6 is 0 Å². The Morgan fingerprint density at radius 2 is 1.96 bits per heavy atom. The standard InChI is InChI=1S/C20H29NO4Si/c1-20(2,3)14(11-25-26(4)5)16-17(21-19(16)23)13-10-24-15-9-7-6-8-12(15)18(13)22/h6-9,13-14,16-17,26H,10-11H2,1-5H3,(H,21,23)/t13-,14+,16-,17+/m0/s1. The molecule has 2 heterocycles. The monoisotopic (exact) mass is 375 g/mol. The number of ketones is 1. The Bertz CT molecular complexity index is 697. The number of carbonyl (C=O) groups is 2. The lowest BCUT2D eigenvalue weighted by atomic mass is 9.64. The van der Waals surface area contributed by atoms with Gasteiger partial charge in [-0.25, -0.2) is 0 Å². The molecule has 0 aliphatic carbocycles. The fraction of sp³-hybridized carbons (Fsp3) is 0.600. The summed E-state index contributed by atoms with van der Waals surface area (Å²) in [4.78, 5) is 25.4. The Kier molecular flexibility index (Phi) is 5.26. The van der Waals surface area contributed by atoms with Crippen molar-refractivity contribution in [3.63, 3.8) is 0 Å². The molecule has 0 aromatic heterocycles. The third kappa shape index (κ3) is 3.57. The average Bonchev–Trinajstić information content (AvgIpc) is 2.56. The molecule has 0 unspecified atom stereocenters. The van der Waals surface area contributed by atoms with Gasteiger partial charge in [-0.05, 0) is 36.6 Å². The predicted octanol–water partition coefficient (Wildman–Crippen LogP) is 2.65. The Hall–Kier alpha value is -1.66. The van der Waals surface area contributed by atoms with Crippen LogP contribution in [-0.2, 0) is 9.22 Å². The van der Waals surface area contributed by atoms with E-state index in [2.05, 4.69) is 39.2 Å². The summed E-state index contributed by atoms with van der Waals surface area (Å²) in [7, 11) is -1.18. The largest absolute Gasteiger partial charge is 0.492 e. The summed E-state index contributed by atoms with van der Waals surface area (Å²) in [5.41, 5.74) is 0.530. The van der Waals surface area contributed by atoms with Gasteiger partial charge in [0.05, 0.1) is 23.4 Å². The fourth-order valence-electron chi connectivity index (χ4n) is 3.91. The van der Waals surface area contributed by atoms with Crippen LogP contribution in [0.2, 0.25) is 13.1 Å². The molecule has 3 rings (SSSR count). The van der Waals surface area contributed by atoms with E-state index in [1.807, 2.05) is 18.2 Å². The van der Waals surface area contributed by atoms with Crippen LogP contribution in [0.4, 0.5) is 0 Å². The highest BCUT2D eigenvalue weighted by molar-refractivity contribution is 6.48.